The molecule has 1 amide bonds. The summed E-state index contributed by atoms with van der Waals surface area (Å²) in [5.41, 5.74) is 2.86. The van der Waals surface area contributed by atoms with Gasteiger partial charge in [-0.1, -0.05) is 18.2 Å². The minimum atomic E-state index is -0.563. The van der Waals surface area contributed by atoms with Gasteiger partial charge in [-0.3, -0.25) is 14.9 Å². The Morgan fingerprint density at radius 3 is 2.10 bits per heavy atom. The molecule has 3 rings (SSSR count). The van der Waals surface area contributed by atoms with Gasteiger partial charge < -0.3 is 4.74 Å². The van der Waals surface area contributed by atoms with Crippen molar-refractivity contribution in [3.05, 3.63) is 73.1 Å². The van der Waals surface area contributed by atoms with Crippen LogP contribution in [0.15, 0.2) is 33.9 Å². The molecule has 29 heavy (non-hydrogen) atoms. The number of benzene rings is 1. The molecular formula is C22H25N3O4. The van der Waals surface area contributed by atoms with Crippen molar-refractivity contribution in [3.8, 4) is 0 Å². The minimum absolute atomic E-state index is 0.284. The van der Waals surface area contributed by atoms with E-state index < -0.39 is 11.7 Å². The molecule has 7 nitrogen and oxygen atoms in total. The second-order valence-electron chi connectivity index (χ2n) is 8.04. The van der Waals surface area contributed by atoms with Gasteiger partial charge in [-0.05, 0) is 65.3 Å². The number of aryl methyl sites for hydroxylation is 1. The van der Waals surface area contributed by atoms with Crippen LogP contribution in [0.5, 0.6) is 0 Å². The van der Waals surface area contributed by atoms with Crippen LogP contribution in [0, 0.1) is 20.8 Å². The van der Waals surface area contributed by atoms with Crippen LogP contribution in [0.3, 0.4) is 0 Å². The second-order valence-corrected chi connectivity index (χ2v) is 8.04. The maximum Gasteiger partial charge on any atom is 0.412 e. The molecule has 2 heterocycles. The zero-order valence-corrected chi connectivity index (χ0v) is 17.5. The lowest BCUT2D eigenvalue weighted by molar-refractivity contribution is 0.0636. The highest BCUT2D eigenvalue weighted by Crippen LogP contribution is 2.16. The van der Waals surface area contributed by atoms with Gasteiger partial charge in [0.2, 0.25) is 0 Å². The molecule has 2 aromatic heterocycles. The van der Waals surface area contributed by atoms with Gasteiger partial charge in [0.05, 0.1) is 5.69 Å². The SMILES string of the molecule is Cc1c(C)n2c(/C=C/c3ccc(NC(=O)OC(C)(C)C)cc3)c(C)c(=O)n2c1=O. The molecule has 0 radical (unpaired) electrons. The summed E-state index contributed by atoms with van der Waals surface area (Å²) in [6.45, 7) is 10.7. The van der Waals surface area contributed by atoms with E-state index in [1.807, 2.05) is 31.2 Å². The van der Waals surface area contributed by atoms with Gasteiger partial charge in [-0.15, -0.1) is 0 Å². The molecule has 0 fully saturated rings. The zero-order valence-electron chi connectivity index (χ0n) is 17.5. The molecular weight excluding hydrogens is 370 g/mol. The molecule has 1 aromatic carbocycles. The summed E-state index contributed by atoms with van der Waals surface area (Å²) < 4.78 is 8.06. The maximum absolute atomic E-state index is 12.4. The van der Waals surface area contributed by atoms with Crippen molar-refractivity contribution in [1.82, 2.24) is 9.03 Å². The number of hydrogen-bond donors (Lipinski definition) is 1. The van der Waals surface area contributed by atoms with Crippen LogP contribution < -0.4 is 16.4 Å². The van der Waals surface area contributed by atoms with Crippen molar-refractivity contribution < 1.29 is 9.53 Å². The Hall–Kier alpha value is -3.35. The topological polar surface area (TPSA) is 81.3 Å². The van der Waals surface area contributed by atoms with Crippen molar-refractivity contribution in [2.24, 2.45) is 0 Å². The number of nitrogens with zero attached hydrogens (tertiary/aromatic N) is 2. The van der Waals surface area contributed by atoms with Gasteiger partial charge in [0, 0.05) is 22.5 Å². The van der Waals surface area contributed by atoms with Crippen molar-refractivity contribution in [1.29, 1.82) is 0 Å². The van der Waals surface area contributed by atoms with Crippen molar-refractivity contribution >= 4 is 23.9 Å². The van der Waals surface area contributed by atoms with E-state index in [0.717, 1.165) is 11.3 Å². The predicted molar refractivity (Wildman–Crippen MR) is 114 cm³/mol. The van der Waals surface area contributed by atoms with Gasteiger partial charge in [0.15, 0.2) is 0 Å². The highest BCUT2D eigenvalue weighted by atomic mass is 16.6. The van der Waals surface area contributed by atoms with E-state index in [-0.39, 0.29) is 11.1 Å². The van der Waals surface area contributed by atoms with Crippen LogP contribution in [0.25, 0.3) is 12.2 Å². The van der Waals surface area contributed by atoms with Gasteiger partial charge >= 0.3 is 6.09 Å². The molecule has 1 N–H and O–H groups in total. The Labute approximate surface area is 168 Å². The van der Waals surface area contributed by atoms with E-state index in [0.29, 0.717) is 22.5 Å². The van der Waals surface area contributed by atoms with Crippen LogP contribution in [-0.2, 0) is 4.74 Å². The molecule has 0 saturated carbocycles. The smallest absolute Gasteiger partial charge is 0.412 e. The Bertz CT molecular complexity index is 1210. The van der Waals surface area contributed by atoms with Gasteiger partial charge in [0.1, 0.15) is 5.60 Å². The number of fused-ring (bicyclic) bond motifs is 1. The van der Waals surface area contributed by atoms with E-state index in [9.17, 15) is 14.4 Å². The molecule has 0 spiro atoms. The second kappa shape index (κ2) is 7.24. The van der Waals surface area contributed by atoms with Crippen LogP contribution in [0.1, 0.15) is 48.8 Å². The average Bonchev–Trinajstić information content (AvgIpc) is 3.00. The lowest BCUT2D eigenvalue weighted by Gasteiger charge is -2.19. The molecule has 0 aliphatic carbocycles. The molecule has 0 bridgehead atoms. The Kier molecular flexibility index (Phi) is 5.09. The zero-order chi connectivity index (χ0) is 21.5. The number of carbonyl (C=O) groups is 1. The monoisotopic (exact) mass is 395 g/mol. The average molecular weight is 395 g/mol. The van der Waals surface area contributed by atoms with Crippen LogP contribution in [0.4, 0.5) is 10.5 Å². The molecule has 0 unspecified atom stereocenters. The summed E-state index contributed by atoms with van der Waals surface area (Å²) >= 11 is 0. The summed E-state index contributed by atoms with van der Waals surface area (Å²) in [6, 6.07) is 7.23. The number of rotatable bonds is 3. The number of ether oxygens (including phenoxy) is 1. The first-order valence-electron chi connectivity index (χ1n) is 9.35. The van der Waals surface area contributed by atoms with Gasteiger partial charge in [-0.25, -0.2) is 9.31 Å². The fraction of sp³-hybridized carbons (Fsp3) is 0.318. The number of anilines is 1. The quantitative estimate of drug-likeness (QED) is 0.734. The van der Waals surface area contributed by atoms with Gasteiger partial charge in [-0.2, -0.15) is 4.52 Å². The first kappa shape index (κ1) is 20.4. The minimum Gasteiger partial charge on any atom is -0.444 e. The number of hydrogen-bond acceptors (Lipinski definition) is 4. The number of nitrogens with one attached hydrogen (secondary N) is 1. The summed E-state index contributed by atoms with van der Waals surface area (Å²) in [5, 5.41) is 2.68. The van der Waals surface area contributed by atoms with Crippen LogP contribution in [0.2, 0.25) is 0 Å². The number of aromatic nitrogens is 2. The van der Waals surface area contributed by atoms with Gasteiger partial charge in [0.25, 0.3) is 11.1 Å². The van der Waals surface area contributed by atoms with Crippen molar-refractivity contribution in [3.63, 3.8) is 0 Å². The molecule has 152 valence electrons. The number of amides is 1. The normalized spacial score (nSPS) is 12.1. The maximum atomic E-state index is 12.4. The molecule has 7 heteroatoms. The Morgan fingerprint density at radius 2 is 1.52 bits per heavy atom. The van der Waals surface area contributed by atoms with E-state index in [2.05, 4.69) is 5.32 Å². The highest BCUT2D eigenvalue weighted by Gasteiger charge is 2.19. The lowest BCUT2D eigenvalue weighted by Crippen LogP contribution is -2.27. The lowest BCUT2D eigenvalue weighted by atomic mass is 10.1. The van der Waals surface area contributed by atoms with E-state index >= 15 is 0 Å². The molecule has 0 aliphatic rings. The molecule has 3 aromatic rings. The first-order valence-corrected chi connectivity index (χ1v) is 9.35. The van der Waals surface area contributed by atoms with E-state index in [4.69, 9.17) is 4.74 Å². The van der Waals surface area contributed by atoms with Crippen LogP contribution in [-0.4, -0.2) is 20.7 Å². The van der Waals surface area contributed by atoms with Crippen molar-refractivity contribution in [2.75, 3.05) is 5.32 Å². The summed E-state index contributed by atoms with van der Waals surface area (Å²) in [4.78, 5) is 36.6. The van der Waals surface area contributed by atoms with Crippen molar-refractivity contribution in [2.45, 2.75) is 47.1 Å². The predicted octanol–water partition coefficient (Wildman–Crippen LogP) is 3.64. The summed E-state index contributed by atoms with van der Waals surface area (Å²) in [7, 11) is 0. The summed E-state index contributed by atoms with van der Waals surface area (Å²) in [6.07, 6.45) is 3.17. The standard InChI is InChI=1S/C22H25N3O4/c1-13-15(3)24-18(14(2)20(27)25(24)19(13)26)12-9-16-7-10-17(11-8-16)23-21(28)29-22(4,5)6/h7-12H,1-6H3,(H,23,28)/b12-9+. The first-order chi connectivity index (χ1) is 13.5. The van der Waals surface area contributed by atoms with Crippen LogP contribution >= 0.6 is 0 Å². The van der Waals surface area contributed by atoms with E-state index in [1.54, 1.807) is 51.3 Å². The molecule has 0 aliphatic heterocycles. The highest BCUT2D eigenvalue weighted by molar-refractivity contribution is 5.85. The fourth-order valence-electron chi connectivity index (χ4n) is 3.08. The largest absolute Gasteiger partial charge is 0.444 e. The third kappa shape index (κ3) is 3.94. The fourth-order valence-corrected chi connectivity index (χ4v) is 3.08. The molecule has 0 atom stereocenters. The van der Waals surface area contributed by atoms with E-state index in [1.165, 1.54) is 4.52 Å². The molecule has 0 saturated heterocycles. The Morgan fingerprint density at radius 1 is 0.931 bits per heavy atom. The summed E-state index contributed by atoms with van der Waals surface area (Å²) in [5.74, 6) is 0. The third-order valence-electron chi connectivity index (χ3n) is 4.69. The Balaban J connectivity index is 1.85. The third-order valence-corrected chi connectivity index (χ3v) is 4.69. The number of carbonyl (C=O) groups excluding carboxylic acids is 1.